The molecule has 0 radical (unpaired) electrons. The van der Waals surface area contributed by atoms with Crippen LogP contribution in [-0.4, -0.2) is 26.6 Å². The number of nitrogens with one attached hydrogen (secondary N) is 1. The van der Waals surface area contributed by atoms with Crippen LogP contribution in [0.1, 0.15) is 12.5 Å². The second-order valence-corrected chi connectivity index (χ2v) is 5.25. The summed E-state index contributed by atoms with van der Waals surface area (Å²) >= 11 is 0. The molecule has 0 heterocycles. The fourth-order valence-corrected chi connectivity index (χ4v) is 2.16. The molecule has 0 saturated heterocycles. The van der Waals surface area contributed by atoms with Crippen LogP contribution in [0.3, 0.4) is 0 Å². The van der Waals surface area contributed by atoms with Gasteiger partial charge in [0.25, 0.3) is 5.91 Å². The summed E-state index contributed by atoms with van der Waals surface area (Å²) in [6, 6.07) is 15.5. The molecule has 0 atom stereocenters. The van der Waals surface area contributed by atoms with Crippen LogP contribution in [-0.2, 0) is 11.2 Å². The van der Waals surface area contributed by atoms with Crippen molar-refractivity contribution in [1.29, 1.82) is 0 Å². The van der Waals surface area contributed by atoms with Crippen molar-refractivity contribution in [2.45, 2.75) is 13.3 Å². The molecule has 2 aromatic carbocycles. The number of nitrogens with zero attached hydrogens (tertiary/aromatic N) is 1. The normalized spacial score (nSPS) is 10.1. The minimum absolute atomic E-state index is 0.00503. The first-order valence-electron chi connectivity index (χ1n) is 7.38. The molecule has 116 valence electrons. The Balaban J connectivity index is 1.96. The highest BCUT2D eigenvalue weighted by molar-refractivity contribution is 5.95. The molecular weight excluding hydrogens is 276 g/mol. The molecule has 0 aliphatic carbocycles. The fraction of sp³-hybridized carbons (Fsp3) is 0.278. The number of carbonyl (C=O) groups excluding carboxylic acids is 1. The van der Waals surface area contributed by atoms with Crippen molar-refractivity contribution in [3.8, 4) is 5.75 Å². The zero-order valence-electron chi connectivity index (χ0n) is 13.3. The summed E-state index contributed by atoms with van der Waals surface area (Å²) < 4.78 is 5.56. The smallest absolute Gasteiger partial charge is 0.262 e. The number of para-hydroxylation sites is 2. The van der Waals surface area contributed by atoms with Crippen LogP contribution in [0, 0.1) is 0 Å². The van der Waals surface area contributed by atoms with Gasteiger partial charge < -0.3 is 15.0 Å². The van der Waals surface area contributed by atoms with Crippen LogP contribution >= 0.6 is 0 Å². The standard InChI is InChI=1S/C18H22N2O2/c1-4-14-8-7-9-15(12-14)22-13-18(21)19-16-10-5-6-11-17(16)20(2)3/h5-12H,4,13H2,1-3H3,(H,19,21). The maximum absolute atomic E-state index is 12.1. The van der Waals surface area contributed by atoms with Crippen molar-refractivity contribution in [3.05, 3.63) is 54.1 Å². The van der Waals surface area contributed by atoms with E-state index in [4.69, 9.17) is 4.74 Å². The molecule has 2 rings (SSSR count). The van der Waals surface area contributed by atoms with Crippen molar-refractivity contribution in [2.75, 3.05) is 30.9 Å². The second-order valence-electron chi connectivity index (χ2n) is 5.25. The van der Waals surface area contributed by atoms with Crippen molar-refractivity contribution in [2.24, 2.45) is 0 Å². The lowest BCUT2D eigenvalue weighted by atomic mass is 10.2. The number of aryl methyl sites for hydroxylation is 1. The molecule has 2 aromatic rings. The lowest BCUT2D eigenvalue weighted by molar-refractivity contribution is -0.118. The maximum Gasteiger partial charge on any atom is 0.262 e. The number of ether oxygens (including phenoxy) is 1. The minimum Gasteiger partial charge on any atom is -0.484 e. The van der Waals surface area contributed by atoms with Gasteiger partial charge in [-0.15, -0.1) is 0 Å². The highest BCUT2D eigenvalue weighted by Gasteiger charge is 2.08. The summed E-state index contributed by atoms with van der Waals surface area (Å²) in [5, 5.41) is 2.89. The van der Waals surface area contributed by atoms with Gasteiger partial charge in [-0.05, 0) is 36.2 Å². The van der Waals surface area contributed by atoms with Gasteiger partial charge in [-0.25, -0.2) is 0 Å². The Kier molecular flexibility index (Phi) is 5.42. The number of hydrogen-bond acceptors (Lipinski definition) is 3. The largest absolute Gasteiger partial charge is 0.484 e. The number of carbonyl (C=O) groups is 1. The summed E-state index contributed by atoms with van der Waals surface area (Å²) in [6.07, 6.45) is 0.944. The van der Waals surface area contributed by atoms with E-state index in [0.29, 0.717) is 0 Å². The Bertz CT molecular complexity index is 638. The van der Waals surface area contributed by atoms with Crippen molar-refractivity contribution in [1.82, 2.24) is 0 Å². The Morgan fingerprint density at radius 1 is 1.14 bits per heavy atom. The van der Waals surface area contributed by atoms with E-state index in [9.17, 15) is 4.79 Å². The molecule has 0 spiro atoms. The van der Waals surface area contributed by atoms with E-state index in [-0.39, 0.29) is 12.5 Å². The predicted molar refractivity (Wildman–Crippen MR) is 90.7 cm³/mol. The molecule has 0 aliphatic rings. The summed E-state index contributed by atoms with van der Waals surface area (Å²) in [7, 11) is 3.88. The molecule has 0 fully saturated rings. The van der Waals surface area contributed by atoms with Gasteiger partial charge in [0.05, 0.1) is 11.4 Å². The van der Waals surface area contributed by atoms with Gasteiger partial charge >= 0.3 is 0 Å². The van der Waals surface area contributed by atoms with Gasteiger partial charge in [-0.2, -0.15) is 0 Å². The molecule has 1 amide bonds. The van der Waals surface area contributed by atoms with E-state index in [1.165, 1.54) is 5.56 Å². The quantitative estimate of drug-likeness (QED) is 0.889. The number of amides is 1. The van der Waals surface area contributed by atoms with Crippen molar-refractivity contribution >= 4 is 17.3 Å². The molecule has 0 bridgehead atoms. The van der Waals surface area contributed by atoms with Gasteiger partial charge in [-0.3, -0.25) is 4.79 Å². The summed E-state index contributed by atoms with van der Waals surface area (Å²) in [4.78, 5) is 14.0. The van der Waals surface area contributed by atoms with Crippen LogP contribution in [0.15, 0.2) is 48.5 Å². The minimum atomic E-state index is -0.170. The number of hydrogen-bond donors (Lipinski definition) is 1. The van der Waals surface area contributed by atoms with Crippen LogP contribution in [0.2, 0.25) is 0 Å². The average Bonchev–Trinajstić information content (AvgIpc) is 2.53. The highest BCUT2D eigenvalue weighted by Crippen LogP contribution is 2.23. The third kappa shape index (κ3) is 4.25. The zero-order valence-corrected chi connectivity index (χ0v) is 13.3. The van der Waals surface area contributed by atoms with E-state index < -0.39 is 0 Å². The molecular formula is C18H22N2O2. The summed E-state index contributed by atoms with van der Waals surface area (Å²) in [6.45, 7) is 2.08. The highest BCUT2D eigenvalue weighted by atomic mass is 16.5. The lowest BCUT2D eigenvalue weighted by Crippen LogP contribution is -2.22. The third-order valence-corrected chi connectivity index (χ3v) is 3.34. The molecule has 1 N–H and O–H groups in total. The number of rotatable bonds is 6. The Hall–Kier alpha value is -2.49. The first-order valence-corrected chi connectivity index (χ1v) is 7.38. The lowest BCUT2D eigenvalue weighted by Gasteiger charge is -2.17. The summed E-state index contributed by atoms with van der Waals surface area (Å²) in [5.41, 5.74) is 2.93. The Morgan fingerprint density at radius 2 is 1.91 bits per heavy atom. The van der Waals surface area contributed by atoms with Crippen molar-refractivity contribution < 1.29 is 9.53 Å². The predicted octanol–water partition coefficient (Wildman–Crippen LogP) is 3.33. The van der Waals surface area contributed by atoms with E-state index in [0.717, 1.165) is 23.5 Å². The molecule has 4 heteroatoms. The Morgan fingerprint density at radius 3 is 2.64 bits per heavy atom. The van der Waals surface area contributed by atoms with E-state index in [1.54, 1.807) is 0 Å². The molecule has 0 unspecified atom stereocenters. The van der Waals surface area contributed by atoms with E-state index in [1.807, 2.05) is 67.5 Å². The van der Waals surface area contributed by atoms with Gasteiger partial charge in [0.15, 0.2) is 6.61 Å². The van der Waals surface area contributed by atoms with Gasteiger partial charge in [0.2, 0.25) is 0 Å². The maximum atomic E-state index is 12.1. The first-order chi connectivity index (χ1) is 10.6. The number of anilines is 2. The molecule has 0 aromatic heterocycles. The number of benzene rings is 2. The van der Waals surface area contributed by atoms with Gasteiger partial charge in [-0.1, -0.05) is 31.2 Å². The van der Waals surface area contributed by atoms with Gasteiger partial charge in [0.1, 0.15) is 5.75 Å². The zero-order chi connectivity index (χ0) is 15.9. The van der Waals surface area contributed by atoms with E-state index >= 15 is 0 Å². The third-order valence-electron chi connectivity index (χ3n) is 3.34. The summed E-state index contributed by atoms with van der Waals surface area (Å²) in [5.74, 6) is 0.548. The van der Waals surface area contributed by atoms with Crippen molar-refractivity contribution in [3.63, 3.8) is 0 Å². The molecule has 4 nitrogen and oxygen atoms in total. The first kappa shape index (κ1) is 15.9. The molecule has 0 saturated carbocycles. The second kappa shape index (κ2) is 7.50. The van der Waals surface area contributed by atoms with Crippen LogP contribution in [0.4, 0.5) is 11.4 Å². The SMILES string of the molecule is CCc1cccc(OCC(=O)Nc2ccccc2N(C)C)c1. The molecule has 0 aliphatic heterocycles. The van der Waals surface area contributed by atoms with Crippen LogP contribution in [0.25, 0.3) is 0 Å². The Labute approximate surface area is 131 Å². The van der Waals surface area contributed by atoms with Crippen LogP contribution in [0.5, 0.6) is 5.75 Å². The van der Waals surface area contributed by atoms with E-state index in [2.05, 4.69) is 12.2 Å². The van der Waals surface area contributed by atoms with Gasteiger partial charge in [0, 0.05) is 14.1 Å². The topological polar surface area (TPSA) is 41.6 Å². The average molecular weight is 298 g/mol. The molecule has 22 heavy (non-hydrogen) atoms. The monoisotopic (exact) mass is 298 g/mol. The van der Waals surface area contributed by atoms with Crippen LogP contribution < -0.4 is 15.0 Å². The fourth-order valence-electron chi connectivity index (χ4n) is 2.16.